The zero-order valence-corrected chi connectivity index (χ0v) is 15.7. The van der Waals surface area contributed by atoms with Gasteiger partial charge in [0.05, 0.1) is 0 Å². The minimum Gasteiger partial charge on any atom is -0.242 e. The first kappa shape index (κ1) is 16.9. The maximum Gasteiger partial charge on any atom is 0.246 e. The van der Waals surface area contributed by atoms with E-state index in [0.29, 0.717) is 4.47 Å². The fourth-order valence-electron chi connectivity index (χ4n) is 1.73. The van der Waals surface area contributed by atoms with Crippen molar-refractivity contribution in [2.75, 3.05) is 7.05 Å². The lowest BCUT2D eigenvalue weighted by molar-refractivity contribution is 0.466. The van der Waals surface area contributed by atoms with E-state index in [9.17, 15) is 8.42 Å². The molecule has 1 aromatic heterocycles. The molecule has 0 N–H and O–H groups in total. The fraction of sp³-hybridized carbons (Fsp3) is 0.154. The third-order valence-electron chi connectivity index (χ3n) is 2.76. The Bertz CT molecular complexity index is 769. The van der Waals surface area contributed by atoms with Crippen LogP contribution >= 0.6 is 43.5 Å². The second-order valence-electron chi connectivity index (χ2n) is 4.33. The highest BCUT2D eigenvalue weighted by Crippen LogP contribution is 2.26. The second-order valence-corrected chi connectivity index (χ2v) is 8.54. The Morgan fingerprint density at radius 1 is 1.24 bits per heavy atom. The van der Waals surface area contributed by atoms with Gasteiger partial charge < -0.3 is 0 Å². The van der Waals surface area contributed by atoms with Crippen molar-refractivity contribution in [3.63, 3.8) is 0 Å². The number of halogens is 3. The summed E-state index contributed by atoms with van der Waals surface area (Å²) in [5, 5.41) is -0.0423. The zero-order valence-electron chi connectivity index (χ0n) is 10.9. The standard InChI is InChI=1S/C13H11Br2ClN2O2S/c1-18(8-9-3-2-4-10(14)5-9)21(19,20)12-6-11(15)7-17-13(12)16/h2-7H,8H2,1H3. The summed E-state index contributed by atoms with van der Waals surface area (Å²) in [5.41, 5.74) is 0.870. The molecule has 0 amide bonds. The van der Waals surface area contributed by atoms with Gasteiger partial charge >= 0.3 is 0 Å². The molecule has 0 saturated heterocycles. The number of nitrogens with zero attached hydrogens (tertiary/aromatic N) is 2. The average molecular weight is 455 g/mol. The van der Waals surface area contributed by atoms with E-state index in [2.05, 4.69) is 36.8 Å². The molecule has 0 aliphatic heterocycles. The lowest BCUT2D eigenvalue weighted by atomic mass is 10.2. The van der Waals surface area contributed by atoms with Crippen molar-refractivity contribution in [1.82, 2.24) is 9.29 Å². The van der Waals surface area contributed by atoms with Crippen molar-refractivity contribution in [3.8, 4) is 0 Å². The van der Waals surface area contributed by atoms with Gasteiger partial charge in [0.25, 0.3) is 0 Å². The number of sulfonamides is 1. The molecule has 1 aromatic carbocycles. The molecule has 0 unspecified atom stereocenters. The summed E-state index contributed by atoms with van der Waals surface area (Å²) in [6.45, 7) is 0.241. The lowest BCUT2D eigenvalue weighted by Gasteiger charge is -2.18. The van der Waals surface area contributed by atoms with E-state index in [-0.39, 0.29) is 16.6 Å². The molecular weight excluding hydrogens is 443 g/mol. The molecule has 0 fully saturated rings. The molecule has 4 nitrogen and oxygen atoms in total. The molecule has 0 saturated carbocycles. The predicted molar refractivity (Wildman–Crippen MR) is 89.7 cm³/mol. The predicted octanol–water partition coefficient (Wildman–Crippen LogP) is 4.08. The fourth-order valence-corrected chi connectivity index (χ4v) is 4.25. The minimum absolute atomic E-state index is 0.0176. The van der Waals surface area contributed by atoms with Crippen LogP contribution in [0, 0.1) is 0 Å². The van der Waals surface area contributed by atoms with Gasteiger partial charge in [-0.25, -0.2) is 13.4 Å². The van der Waals surface area contributed by atoms with Crippen LogP contribution in [0.4, 0.5) is 0 Å². The monoisotopic (exact) mass is 452 g/mol. The third kappa shape index (κ3) is 4.04. The smallest absolute Gasteiger partial charge is 0.242 e. The number of hydrogen-bond acceptors (Lipinski definition) is 3. The molecule has 112 valence electrons. The van der Waals surface area contributed by atoms with Gasteiger partial charge in [-0.3, -0.25) is 0 Å². The summed E-state index contributed by atoms with van der Waals surface area (Å²) in [6, 6.07) is 8.91. The first-order chi connectivity index (χ1) is 9.80. The summed E-state index contributed by atoms with van der Waals surface area (Å²) in [5.74, 6) is 0. The Morgan fingerprint density at radius 3 is 2.62 bits per heavy atom. The summed E-state index contributed by atoms with van der Waals surface area (Å²) >= 11 is 12.5. The minimum atomic E-state index is -3.71. The van der Waals surface area contributed by atoms with Crippen LogP contribution in [0.15, 0.2) is 50.4 Å². The molecule has 2 aromatic rings. The topological polar surface area (TPSA) is 50.3 Å². The van der Waals surface area contributed by atoms with Crippen molar-refractivity contribution in [2.45, 2.75) is 11.4 Å². The molecular formula is C13H11Br2ClN2O2S. The SMILES string of the molecule is CN(Cc1cccc(Br)c1)S(=O)(=O)c1cc(Br)cnc1Cl. The molecule has 0 radical (unpaired) electrons. The Kier molecular flexibility index (Phi) is 5.43. The van der Waals surface area contributed by atoms with Crippen LogP contribution in [0.25, 0.3) is 0 Å². The summed E-state index contributed by atoms with van der Waals surface area (Å²) in [4.78, 5) is 3.84. The lowest BCUT2D eigenvalue weighted by Crippen LogP contribution is -2.27. The molecule has 0 aliphatic rings. The van der Waals surface area contributed by atoms with Gasteiger partial charge in [-0.2, -0.15) is 4.31 Å². The number of hydrogen-bond donors (Lipinski definition) is 0. The van der Waals surface area contributed by atoms with Crippen LogP contribution < -0.4 is 0 Å². The number of pyridine rings is 1. The Morgan fingerprint density at radius 2 is 1.95 bits per heavy atom. The van der Waals surface area contributed by atoms with Gasteiger partial charge in [0.1, 0.15) is 10.0 Å². The zero-order chi connectivity index (χ0) is 15.6. The van der Waals surface area contributed by atoms with E-state index in [1.165, 1.54) is 23.6 Å². The highest BCUT2D eigenvalue weighted by Gasteiger charge is 2.24. The molecule has 0 spiro atoms. The van der Waals surface area contributed by atoms with Crippen LogP contribution in [0.3, 0.4) is 0 Å². The van der Waals surface area contributed by atoms with Crippen molar-refractivity contribution < 1.29 is 8.42 Å². The van der Waals surface area contributed by atoms with Crippen molar-refractivity contribution in [1.29, 1.82) is 0 Å². The first-order valence-electron chi connectivity index (χ1n) is 5.82. The van der Waals surface area contributed by atoms with E-state index in [0.717, 1.165) is 10.0 Å². The number of rotatable bonds is 4. The molecule has 8 heteroatoms. The van der Waals surface area contributed by atoms with Crippen molar-refractivity contribution in [3.05, 3.63) is 56.2 Å². The van der Waals surface area contributed by atoms with E-state index >= 15 is 0 Å². The third-order valence-corrected chi connectivity index (χ3v) is 5.91. The van der Waals surface area contributed by atoms with Crippen LogP contribution in [0.2, 0.25) is 5.15 Å². The van der Waals surface area contributed by atoms with Gasteiger partial charge in [-0.15, -0.1) is 0 Å². The molecule has 1 heterocycles. The van der Waals surface area contributed by atoms with Crippen LogP contribution in [0.1, 0.15) is 5.56 Å². The molecule has 0 atom stereocenters. The van der Waals surface area contributed by atoms with Gasteiger partial charge in [0, 0.05) is 28.7 Å². The van der Waals surface area contributed by atoms with E-state index in [1.54, 1.807) is 0 Å². The molecule has 0 aliphatic carbocycles. The molecule has 2 rings (SSSR count). The maximum absolute atomic E-state index is 12.6. The molecule has 21 heavy (non-hydrogen) atoms. The van der Waals surface area contributed by atoms with E-state index < -0.39 is 10.0 Å². The average Bonchev–Trinajstić information content (AvgIpc) is 2.41. The Labute approximate surface area is 145 Å². The quantitative estimate of drug-likeness (QED) is 0.654. The summed E-state index contributed by atoms with van der Waals surface area (Å²) < 4.78 is 27.8. The first-order valence-corrected chi connectivity index (χ1v) is 9.23. The van der Waals surface area contributed by atoms with E-state index in [4.69, 9.17) is 11.6 Å². The van der Waals surface area contributed by atoms with Gasteiger partial charge in [-0.1, -0.05) is 39.7 Å². The van der Waals surface area contributed by atoms with Crippen molar-refractivity contribution in [2.24, 2.45) is 0 Å². The summed E-state index contributed by atoms with van der Waals surface area (Å²) in [6.07, 6.45) is 1.45. The van der Waals surface area contributed by atoms with Gasteiger partial charge in [-0.05, 0) is 39.7 Å². The van der Waals surface area contributed by atoms with Crippen LogP contribution in [-0.2, 0) is 16.6 Å². The normalized spacial score (nSPS) is 11.9. The van der Waals surface area contributed by atoms with Gasteiger partial charge in [0.15, 0.2) is 0 Å². The van der Waals surface area contributed by atoms with Crippen LogP contribution in [-0.4, -0.2) is 24.8 Å². The van der Waals surface area contributed by atoms with Gasteiger partial charge in [0.2, 0.25) is 10.0 Å². The maximum atomic E-state index is 12.6. The highest BCUT2D eigenvalue weighted by molar-refractivity contribution is 9.10. The molecule has 0 bridgehead atoms. The largest absolute Gasteiger partial charge is 0.246 e. The Balaban J connectivity index is 2.33. The second kappa shape index (κ2) is 6.75. The Hall–Kier alpha value is -0.470. The van der Waals surface area contributed by atoms with Crippen molar-refractivity contribution >= 4 is 53.5 Å². The van der Waals surface area contributed by atoms with Crippen LogP contribution in [0.5, 0.6) is 0 Å². The number of benzene rings is 1. The highest BCUT2D eigenvalue weighted by atomic mass is 79.9. The van der Waals surface area contributed by atoms with E-state index in [1.807, 2.05) is 24.3 Å². The summed E-state index contributed by atoms with van der Waals surface area (Å²) in [7, 11) is -2.20. The number of aromatic nitrogens is 1.